The molecule has 1 heterocycles. The minimum Gasteiger partial charge on any atom is -0.339 e. The zero-order chi connectivity index (χ0) is 18.4. The van der Waals surface area contributed by atoms with Crippen LogP contribution in [-0.4, -0.2) is 30.9 Å². The van der Waals surface area contributed by atoms with Gasteiger partial charge in [-0.1, -0.05) is 35.5 Å². The first-order valence-corrected chi connectivity index (χ1v) is 9.77. The lowest BCUT2D eigenvalue weighted by Gasteiger charge is -2.05. The molecule has 136 valence electrons. The van der Waals surface area contributed by atoms with Crippen LogP contribution < -0.4 is 4.72 Å². The van der Waals surface area contributed by atoms with Crippen molar-refractivity contribution in [1.29, 1.82) is 0 Å². The number of sulfonamides is 1. The third-order valence-electron chi connectivity index (χ3n) is 3.73. The molecular weight excluding hydrogens is 357 g/mol. The summed E-state index contributed by atoms with van der Waals surface area (Å²) < 4.78 is 44.6. The van der Waals surface area contributed by atoms with Gasteiger partial charge in [0.25, 0.3) is 0 Å². The molecule has 26 heavy (non-hydrogen) atoms. The predicted octanol–water partition coefficient (Wildman–Crippen LogP) is 2.58. The second-order valence-electron chi connectivity index (χ2n) is 5.72. The van der Waals surface area contributed by atoms with E-state index in [2.05, 4.69) is 14.9 Å². The van der Waals surface area contributed by atoms with E-state index in [1.807, 2.05) is 30.3 Å². The highest BCUT2D eigenvalue weighted by molar-refractivity contribution is 7.89. The second-order valence-corrected chi connectivity index (χ2v) is 7.64. The highest BCUT2D eigenvalue weighted by atomic mass is 32.2. The molecule has 1 aromatic heterocycles. The standard InChI is InChI=1S/C18H18FN3O3S/c19-16-8-6-15(7-9-16)18-21-17(25-22-18)10-12-20-26(23,24)13-11-14-4-2-1-3-5-14/h1-9,20H,10-13H2. The lowest BCUT2D eigenvalue weighted by atomic mass is 10.2. The topological polar surface area (TPSA) is 85.1 Å². The van der Waals surface area contributed by atoms with Gasteiger partial charge in [0.05, 0.1) is 5.75 Å². The first-order chi connectivity index (χ1) is 12.5. The first-order valence-electron chi connectivity index (χ1n) is 8.12. The van der Waals surface area contributed by atoms with Crippen molar-refractivity contribution in [3.05, 3.63) is 71.9 Å². The highest BCUT2D eigenvalue weighted by Gasteiger charge is 2.12. The Bertz CT molecular complexity index is 941. The Morgan fingerprint density at radius 1 is 1.00 bits per heavy atom. The summed E-state index contributed by atoms with van der Waals surface area (Å²) in [5.41, 5.74) is 1.60. The van der Waals surface area contributed by atoms with Gasteiger partial charge in [0.15, 0.2) is 0 Å². The van der Waals surface area contributed by atoms with Gasteiger partial charge in [0, 0.05) is 18.5 Å². The number of hydrogen-bond acceptors (Lipinski definition) is 5. The van der Waals surface area contributed by atoms with Crippen LogP contribution in [-0.2, 0) is 22.9 Å². The van der Waals surface area contributed by atoms with Crippen LogP contribution in [0.5, 0.6) is 0 Å². The number of nitrogens with one attached hydrogen (secondary N) is 1. The Balaban J connectivity index is 1.49. The average molecular weight is 375 g/mol. The molecule has 1 N–H and O–H groups in total. The van der Waals surface area contributed by atoms with Crippen molar-refractivity contribution in [1.82, 2.24) is 14.9 Å². The summed E-state index contributed by atoms with van der Waals surface area (Å²) in [6.45, 7) is 0.169. The van der Waals surface area contributed by atoms with Crippen molar-refractivity contribution in [3.63, 3.8) is 0 Å². The first kappa shape index (κ1) is 18.2. The molecule has 0 atom stereocenters. The van der Waals surface area contributed by atoms with E-state index in [9.17, 15) is 12.8 Å². The number of halogens is 1. The number of nitrogens with zero attached hydrogens (tertiary/aromatic N) is 2. The van der Waals surface area contributed by atoms with Crippen molar-refractivity contribution >= 4 is 10.0 Å². The molecule has 0 saturated heterocycles. The smallest absolute Gasteiger partial charge is 0.228 e. The van der Waals surface area contributed by atoms with E-state index < -0.39 is 10.0 Å². The minimum absolute atomic E-state index is 0.0156. The summed E-state index contributed by atoms with van der Waals surface area (Å²) in [5.74, 6) is 0.325. The number of benzene rings is 2. The second kappa shape index (κ2) is 8.20. The van der Waals surface area contributed by atoms with Crippen LogP contribution in [0.1, 0.15) is 11.5 Å². The van der Waals surface area contributed by atoms with Gasteiger partial charge >= 0.3 is 0 Å². The molecular formula is C18H18FN3O3S. The highest BCUT2D eigenvalue weighted by Crippen LogP contribution is 2.16. The molecule has 0 fully saturated rings. The summed E-state index contributed by atoms with van der Waals surface area (Å²) >= 11 is 0. The normalized spacial score (nSPS) is 11.6. The zero-order valence-electron chi connectivity index (χ0n) is 13.9. The van der Waals surface area contributed by atoms with Crippen LogP contribution in [0, 0.1) is 5.82 Å². The molecule has 3 aromatic rings. The van der Waals surface area contributed by atoms with E-state index in [0.717, 1.165) is 5.56 Å². The van der Waals surface area contributed by atoms with Gasteiger partial charge in [-0.05, 0) is 36.2 Å². The summed E-state index contributed by atoms with van der Waals surface area (Å²) in [5, 5.41) is 3.82. The van der Waals surface area contributed by atoms with E-state index in [1.165, 1.54) is 12.1 Å². The Morgan fingerprint density at radius 2 is 1.73 bits per heavy atom. The van der Waals surface area contributed by atoms with Crippen LogP contribution in [0.3, 0.4) is 0 Å². The SMILES string of the molecule is O=S(=O)(CCc1ccccc1)NCCc1nc(-c2ccc(F)cc2)no1. The fourth-order valence-electron chi connectivity index (χ4n) is 2.36. The Kier molecular flexibility index (Phi) is 5.75. The van der Waals surface area contributed by atoms with E-state index in [0.29, 0.717) is 23.7 Å². The monoisotopic (exact) mass is 375 g/mol. The minimum atomic E-state index is -3.38. The average Bonchev–Trinajstić information content (AvgIpc) is 3.10. The third-order valence-corrected chi connectivity index (χ3v) is 5.12. The maximum Gasteiger partial charge on any atom is 0.228 e. The quantitative estimate of drug-likeness (QED) is 0.654. The van der Waals surface area contributed by atoms with E-state index in [-0.39, 0.29) is 24.5 Å². The van der Waals surface area contributed by atoms with Crippen molar-refractivity contribution in [2.45, 2.75) is 12.8 Å². The Morgan fingerprint density at radius 3 is 2.46 bits per heavy atom. The molecule has 0 saturated carbocycles. The molecule has 0 aliphatic rings. The van der Waals surface area contributed by atoms with Gasteiger partial charge in [0.1, 0.15) is 5.82 Å². The van der Waals surface area contributed by atoms with Crippen molar-refractivity contribution in [2.24, 2.45) is 0 Å². The Hall–Kier alpha value is -2.58. The molecule has 0 radical (unpaired) electrons. The van der Waals surface area contributed by atoms with Gasteiger partial charge in [-0.25, -0.2) is 17.5 Å². The molecule has 6 nitrogen and oxygen atoms in total. The van der Waals surface area contributed by atoms with Crippen LogP contribution in [0.15, 0.2) is 59.1 Å². The molecule has 8 heteroatoms. The lowest BCUT2D eigenvalue weighted by Crippen LogP contribution is -2.29. The van der Waals surface area contributed by atoms with Crippen molar-refractivity contribution < 1.29 is 17.3 Å². The van der Waals surface area contributed by atoms with E-state index >= 15 is 0 Å². The number of aryl methyl sites for hydroxylation is 1. The fraction of sp³-hybridized carbons (Fsp3) is 0.222. The molecule has 0 aliphatic carbocycles. The molecule has 0 unspecified atom stereocenters. The summed E-state index contributed by atoms with van der Waals surface area (Å²) in [6.07, 6.45) is 0.726. The lowest BCUT2D eigenvalue weighted by molar-refractivity contribution is 0.379. The summed E-state index contributed by atoms with van der Waals surface area (Å²) in [6, 6.07) is 15.2. The Labute approximate surface area is 151 Å². The van der Waals surface area contributed by atoms with E-state index in [1.54, 1.807) is 12.1 Å². The van der Waals surface area contributed by atoms with Crippen LogP contribution in [0.4, 0.5) is 4.39 Å². The van der Waals surface area contributed by atoms with Gasteiger partial charge in [-0.15, -0.1) is 0 Å². The molecule has 0 bridgehead atoms. The van der Waals surface area contributed by atoms with Gasteiger partial charge in [-0.2, -0.15) is 4.98 Å². The van der Waals surface area contributed by atoms with Crippen LogP contribution in [0.2, 0.25) is 0 Å². The third kappa shape index (κ3) is 5.21. The molecule has 3 rings (SSSR count). The fourth-order valence-corrected chi connectivity index (χ4v) is 3.42. The number of rotatable bonds is 8. The zero-order valence-corrected chi connectivity index (χ0v) is 14.7. The molecule has 0 spiro atoms. The molecule has 0 aliphatic heterocycles. The maximum atomic E-state index is 12.9. The number of hydrogen-bond donors (Lipinski definition) is 1. The summed E-state index contributed by atoms with van der Waals surface area (Å²) in [7, 11) is -3.38. The van der Waals surface area contributed by atoms with Crippen LogP contribution >= 0.6 is 0 Å². The van der Waals surface area contributed by atoms with Gasteiger partial charge in [-0.3, -0.25) is 0 Å². The van der Waals surface area contributed by atoms with Crippen molar-refractivity contribution in [2.75, 3.05) is 12.3 Å². The maximum absolute atomic E-state index is 12.9. The predicted molar refractivity (Wildman–Crippen MR) is 95.3 cm³/mol. The van der Waals surface area contributed by atoms with Crippen LogP contribution in [0.25, 0.3) is 11.4 Å². The molecule has 0 amide bonds. The van der Waals surface area contributed by atoms with Crippen molar-refractivity contribution in [3.8, 4) is 11.4 Å². The number of aromatic nitrogens is 2. The van der Waals surface area contributed by atoms with Gasteiger partial charge in [0.2, 0.25) is 21.7 Å². The largest absolute Gasteiger partial charge is 0.339 e. The van der Waals surface area contributed by atoms with E-state index in [4.69, 9.17) is 4.52 Å². The van der Waals surface area contributed by atoms with Gasteiger partial charge < -0.3 is 4.52 Å². The summed E-state index contributed by atoms with van der Waals surface area (Å²) in [4.78, 5) is 4.19. The molecule has 2 aromatic carbocycles.